The first-order chi connectivity index (χ1) is 8.49. The molecular weight excluding hydrogens is 256 g/mol. The van der Waals surface area contributed by atoms with Crippen LogP contribution in [-0.2, 0) is 4.79 Å². The summed E-state index contributed by atoms with van der Waals surface area (Å²) in [7, 11) is 0. The summed E-state index contributed by atoms with van der Waals surface area (Å²) >= 11 is 5.60. The Labute approximate surface area is 112 Å². The van der Waals surface area contributed by atoms with Crippen LogP contribution in [0, 0.1) is 5.92 Å². The maximum Gasteiger partial charge on any atom is 0.327 e. The van der Waals surface area contributed by atoms with Crippen molar-refractivity contribution in [2.75, 3.05) is 19.0 Å². The van der Waals surface area contributed by atoms with Crippen molar-refractivity contribution in [2.45, 2.75) is 26.3 Å². The molecule has 0 aromatic rings. The molecule has 1 N–H and O–H groups in total. The maximum absolute atomic E-state index is 12.2. The van der Waals surface area contributed by atoms with E-state index < -0.39 is 12.0 Å². The van der Waals surface area contributed by atoms with Crippen molar-refractivity contribution < 1.29 is 14.7 Å². The first kappa shape index (κ1) is 14.8. The fourth-order valence-corrected chi connectivity index (χ4v) is 2.09. The van der Waals surface area contributed by atoms with Gasteiger partial charge in [-0.1, -0.05) is 13.8 Å². The Bertz CT molecular complexity index is 344. The SMILES string of the molecule is CC(C)C(C(=O)O)N1C=CCN(CCCCl)C1=O. The number of amides is 2. The normalized spacial score (nSPS) is 17.4. The second-order valence-electron chi connectivity index (χ2n) is 4.59. The van der Waals surface area contributed by atoms with Crippen LogP contribution in [0.1, 0.15) is 20.3 Å². The van der Waals surface area contributed by atoms with Crippen LogP contribution >= 0.6 is 11.6 Å². The van der Waals surface area contributed by atoms with Crippen LogP contribution in [0.2, 0.25) is 0 Å². The molecule has 0 spiro atoms. The van der Waals surface area contributed by atoms with E-state index in [1.165, 1.54) is 4.90 Å². The molecule has 0 aromatic carbocycles. The van der Waals surface area contributed by atoms with Gasteiger partial charge in [-0.3, -0.25) is 4.90 Å². The highest BCUT2D eigenvalue weighted by atomic mass is 35.5. The molecule has 1 heterocycles. The predicted molar refractivity (Wildman–Crippen MR) is 69.5 cm³/mol. The molecule has 0 aromatic heterocycles. The summed E-state index contributed by atoms with van der Waals surface area (Å²) in [5.74, 6) is -0.647. The van der Waals surface area contributed by atoms with Gasteiger partial charge >= 0.3 is 12.0 Å². The molecule has 2 amide bonds. The van der Waals surface area contributed by atoms with Crippen LogP contribution < -0.4 is 0 Å². The summed E-state index contributed by atoms with van der Waals surface area (Å²) in [5, 5.41) is 9.21. The van der Waals surface area contributed by atoms with E-state index in [4.69, 9.17) is 11.6 Å². The lowest BCUT2D eigenvalue weighted by Gasteiger charge is -2.36. The number of carboxylic acid groups (broad SMARTS) is 1. The number of urea groups is 1. The first-order valence-corrected chi connectivity index (χ1v) is 6.55. The molecule has 1 atom stereocenters. The second kappa shape index (κ2) is 6.64. The Morgan fingerprint density at radius 1 is 1.56 bits per heavy atom. The van der Waals surface area contributed by atoms with Gasteiger partial charge in [-0.2, -0.15) is 0 Å². The lowest BCUT2D eigenvalue weighted by Crippen LogP contribution is -2.52. The van der Waals surface area contributed by atoms with Crippen LogP contribution in [-0.4, -0.2) is 51.9 Å². The zero-order valence-corrected chi connectivity index (χ0v) is 11.4. The highest BCUT2D eigenvalue weighted by molar-refractivity contribution is 6.17. The molecule has 1 aliphatic rings. The summed E-state index contributed by atoms with van der Waals surface area (Å²) in [6.45, 7) is 4.64. The Morgan fingerprint density at radius 2 is 2.22 bits per heavy atom. The standard InChI is InChI=1S/C12H19ClN2O3/c1-9(2)10(11(16)17)15-8-4-7-14(12(15)18)6-3-5-13/h4,8-10H,3,5-7H2,1-2H3,(H,16,17). The molecule has 0 saturated heterocycles. The summed E-state index contributed by atoms with van der Waals surface area (Å²) in [4.78, 5) is 26.3. The van der Waals surface area contributed by atoms with E-state index in [9.17, 15) is 14.7 Å². The van der Waals surface area contributed by atoms with E-state index >= 15 is 0 Å². The highest BCUT2D eigenvalue weighted by Crippen LogP contribution is 2.17. The maximum atomic E-state index is 12.2. The minimum Gasteiger partial charge on any atom is -0.480 e. The van der Waals surface area contributed by atoms with Crippen molar-refractivity contribution in [1.82, 2.24) is 9.80 Å². The van der Waals surface area contributed by atoms with Gasteiger partial charge in [0.25, 0.3) is 0 Å². The van der Waals surface area contributed by atoms with E-state index in [2.05, 4.69) is 0 Å². The molecule has 0 bridgehead atoms. The average Bonchev–Trinajstić information content (AvgIpc) is 2.29. The number of hydrogen-bond acceptors (Lipinski definition) is 2. The zero-order chi connectivity index (χ0) is 13.7. The van der Waals surface area contributed by atoms with Crippen LogP contribution in [0.25, 0.3) is 0 Å². The Morgan fingerprint density at radius 3 is 2.72 bits per heavy atom. The summed E-state index contributed by atoms with van der Waals surface area (Å²) in [5.41, 5.74) is 0. The van der Waals surface area contributed by atoms with E-state index in [1.54, 1.807) is 31.0 Å². The molecule has 0 aliphatic carbocycles. The highest BCUT2D eigenvalue weighted by Gasteiger charge is 2.34. The van der Waals surface area contributed by atoms with Gasteiger partial charge in [0.2, 0.25) is 0 Å². The van der Waals surface area contributed by atoms with Crippen molar-refractivity contribution in [1.29, 1.82) is 0 Å². The van der Waals surface area contributed by atoms with E-state index in [0.29, 0.717) is 25.4 Å². The van der Waals surface area contributed by atoms with Gasteiger partial charge in [-0.05, 0) is 18.4 Å². The van der Waals surface area contributed by atoms with Gasteiger partial charge in [-0.25, -0.2) is 9.59 Å². The molecule has 1 aliphatic heterocycles. The lowest BCUT2D eigenvalue weighted by molar-refractivity contribution is -0.143. The molecule has 5 nitrogen and oxygen atoms in total. The Kier molecular flexibility index (Phi) is 5.47. The number of carboxylic acids is 1. The van der Waals surface area contributed by atoms with Crippen molar-refractivity contribution in [2.24, 2.45) is 5.92 Å². The zero-order valence-electron chi connectivity index (χ0n) is 10.7. The Hall–Kier alpha value is -1.23. The fraction of sp³-hybridized carbons (Fsp3) is 0.667. The van der Waals surface area contributed by atoms with Crippen LogP contribution in [0.4, 0.5) is 4.79 Å². The minimum atomic E-state index is -0.984. The van der Waals surface area contributed by atoms with Gasteiger partial charge < -0.3 is 10.0 Å². The third-order valence-electron chi connectivity index (χ3n) is 2.83. The number of carbonyl (C=O) groups excluding carboxylic acids is 1. The molecule has 1 rings (SSSR count). The topological polar surface area (TPSA) is 60.9 Å². The number of hydrogen-bond donors (Lipinski definition) is 1. The largest absolute Gasteiger partial charge is 0.480 e. The molecule has 1 unspecified atom stereocenters. The van der Waals surface area contributed by atoms with Gasteiger partial charge in [-0.15, -0.1) is 11.6 Å². The van der Waals surface area contributed by atoms with Crippen molar-refractivity contribution in [3.05, 3.63) is 12.3 Å². The van der Waals surface area contributed by atoms with Crippen LogP contribution in [0.15, 0.2) is 12.3 Å². The van der Waals surface area contributed by atoms with E-state index in [-0.39, 0.29) is 11.9 Å². The molecule has 102 valence electrons. The van der Waals surface area contributed by atoms with E-state index in [1.807, 2.05) is 0 Å². The molecule has 18 heavy (non-hydrogen) atoms. The average molecular weight is 275 g/mol. The first-order valence-electron chi connectivity index (χ1n) is 6.01. The molecular formula is C12H19ClN2O3. The van der Waals surface area contributed by atoms with Gasteiger partial charge in [0.1, 0.15) is 6.04 Å². The molecule has 6 heteroatoms. The number of halogens is 1. The quantitative estimate of drug-likeness (QED) is 0.754. The van der Waals surface area contributed by atoms with Crippen molar-refractivity contribution in [3.63, 3.8) is 0 Å². The van der Waals surface area contributed by atoms with Gasteiger partial charge in [0.05, 0.1) is 0 Å². The number of alkyl halides is 1. The predicted octanol–water partition coefficient (Wildman–Crippen LogP) is 1.98. The summed E-state index contributed by atoms with van der Waals surface area (Å²) in [6.07, 6.45) is 4.07. The Balaban J connectivity index is 2.82. The third kappa shape index (κ3) is 3.38. The monoisotopic (exact) mass is 274 g/mol. The smallest absolute Gasteiger partial charge is 0.327 e. The van der Waals surface area contributed by atoms with Crippen molar-refractivity contribution >= 4 is 23.6 Å². The number of nitrogens with zero attached hydrogens (tertiary/aromatic N) is 2. The third-order valence-corrected chi connectivity index (χ3v) is 3.10. The van der Waals surface area contributed by atoms with Gasteiger partial charge in [0.15, 0.2) is 0 Å². The van der Waals surface area contributed by atoms with E-state index in [0.717, 1.165) is 0 Å². The van der Waals surface area contributed by atoms with Crippen LogP contribution in [0.3, 0.4) is 0 Å². The van der Waals surface area contributed by atoms with Crippen LogP contribution in [0.5, 0.6) is 0 Å². The minimum absolute atomic E-state index is 0.149. The molecule has 0 fully saturated rings. The van der Waals surface area contributed by atoms with Gasteiger partial charge in [0, 0.05) is 25.2 Å². The molecule has 0 radical (unpaired) electrons. The fourth-order valence-electron chi connectivity index (χ4n) is 1.97. The number of aliphatic carboxylic acids is 1. The number of rotatable bonds is 6. The number of carbonyl (C=O) groups is 2. The summed E-state index contributed by atoms with van der Waals surface area (Å²) < 4.78 is 0. The van der Waals surface area contributed by atoms with Crippen molar-refractivity contribution in [3.8, 4) is 0 Å². The second-order valence-corrected chi connectivity index (χ2v) is 4.97. The molecule has 0 saturated carbocycles. The lowest BCUT2D eigenvalue weighted by atomic mass is 10.0. The summed E-state index contributed by atoms with van der Waals surface area (Å²) in [6, 6.07) is -1.09.